The molecule has 0 atom stereocenters. The van der Waals surface area contributed by atoms with Gasteiger partial charge in [0.1, 0.15) is 0 Å². The minimum Gasteiger partial charge on any atom is -0.376 e. The second kappa shape index (κ2) is 40.9. The maximum absolute atomic E-state index is 5.67. The maximum Gasteiger partial charge on any atom is 0.484 e. The van der Waals surface area contributed by atoms with E-state index >= 15 is 0 Å². The van der Waals surface area contributed by atoms with Crippen LogP contribution in [0.2, 0.25) is 13.1 Å². The molecule has 0 aromatic heterocycles. The molecule has 0 amide bonds. The number of unbranched alkanes of at least 4 members (excludes halogenated alkanes) is 3. The average molecular weight is 462 g/mol. The molecule has 7 heteroatoms. The molecule has 166 valence electrons. The molecule has 0 radical (unpaired) electrons. The highest BCUT2D eigenvalue weighted by molar-refractivity contribution is 6.36. The summed E-state index contributed by atoms with van der Waals surface area (Å²) in [6.45, 7) is 20.1. The van der Waals surface area contributed by atoms with Crippen LogP contribution in [-0.2, 0) is 13.3 Å². The third-order valence-electron chi connectivity index (χ3n) is 2.47. The van der Waals surface area contributed by atoms with Gasteiger partial charge in [0.05, 0.1) is 0 Å². The first-order valence-corrected chi connectivity index (χ1v) is 15.6. The van der Waals surface area contributed by atoms with E-state index in [1.807, 2.05) is 0 Å². The third kappa shape index (κ3) is 51.9. The van der Waals surface area contributed by atoms with Gasteiger partial charge in [-0.05, 0) is 19.3 Å². The van der Waals surface area contributed by atoms with Crippen molar-refractivity contribution in [3.05, 3.63) is 25.3 Å². The van der Waals surface area contributed by atoms with Gasteiger partial charge in [-0.15, -0.1) is 36.4 Å². The molecule has 0 aliphatic heterocycles. The van der Waals surface area contributed by atoms with Crippen molar-refractivity contribution in [2.24, 2.45) is 0 Å². The molecule has 0 aliphatic rings. The highest BCUT2D eigenvalue weighted by atomic mass is 35.5. The zero-order chi connectivity index (χ0) is 21.6. The fourth-order valence-electron chi connectivity index (χ4n) is 1.12. The smallest absolute Gasteiger partial charge is 0.376 e. The number of allylic oxidation sites excluding steroid dienone is 2. The second-order valence-corrected chi connectivity index (χ2v) is 9.16. The average Bonchev–Trinajstić information content (AvgIpc) is 2.69. The standard InChI is InChI=1S/C12H28O3Si.2C3H5Cl.C2H8Si/c1-4-7-10-13-16(14-11-8-5-2)15-12-9-6-3;2*1-2-3-4;1-3-2/h16H,4-12H2,1-3H3;2*2H,1,3H2;3H2,1-2H3. The first kappa shape index (κ1) is 34.9. The lowest BCUT2D eigenvalue weighted by molar-refractivity contribution is 0.0899. The van der Waals surface area contributed by atoms with Crippen LogP contribution >= 0.6 is 23.2 Å². The number of hydrogen-bond donors (Lipinski definition) is 0. The van der Waals surface area contributed by atoms with Gasteiger partial charge in [0, 0.05) is 41.1 Å². The van der Waals surface area contributed by atoms with E-state index in [1.54, 1.807) is 12.2 Å². The van der Waals surface area contributed by atoms with Crippen molar-refractivity contribution >= 4 is 42.2 Å². The zero-order valence-corrected chi connectivity index (χ0v) is 22.7. The maximum atomic E-state index is 5.67. The summed E-state index contributed by atoms with van der Waals surface area (Å²) in [5.74, 6) is 1.11. The largest absolute Gasteiger partial charge is 0.484 e. The Bertz CT molecular complexity index is 217. The quantitative estimate of drug-likeness (QED) is 0.133. The van der Waals surface area contributed by atoms with Crippen LogP contribution in [-0.4, -0.2) is 50.6 Å². The lowest BCUT2D eigenvalue weighted by atomic mass is 10.4. The van der Waals surface area contributed by atoms with Crippen LogP contribution < -0.4 is 0 Å². The molecule has 0 aliphatic carbocycles. The van der Waals surface area contributed by atoms with E-state index in [1.165, 1.54) is 0 Å². The summed E-state index contributed by atoms with van der Waals surface area (Å²) in [5, 5.41) is 0. The Kier molecular flexibility index (Phi) is 52.8. The molecule has 0 bridgehead atoms. The summed E-state index contributed by atoms with van der Waals surface area (Å²) in [6, 6.07) is 0. The molecule has 0 fully saturated rings. The summed E-state index contributed by atoms with van der Waals surface area (Å²) in [5.41, 5.74) is 0. The lowest BCUT2D eigenvalue weighted by Gasteiger charge is -2.16. The van der Waals surface area contributed by atoms with Crippen LogP contribution in [0.1, 0.15) is 59.3 Å². The molecule has 0 rings (SSSR count). The highest BCUT2D eigenvalue weighted by Gasteiger charge is 2.14. The molecule has 0 saturated carbocycles. The highest BCUT2D eigenvalue weighted by Crippen LogP contribution is 2.00. The van der Waals surface area contributed by atoms with Crippen LogP contribution in [0.25, 0.3) is 0 Å². The lowest BCUT2D eigenvalue weighted by Crippen LogP contribution is -2.28. The Labute approximate surface area is 184 Å². The molecule has 3 nitrogen and oxygen atoms in total. The Morgan fingerprint density at radius 1 is 0.741 bits per heavy atom. The molecule has 0 heterocycles. The first-order valence-electron chi connectivity index (χ1n) is 10.3. The molecule has 0 aromatic rings. The molecular formula is C20H46Cl2O3Si2. The summed E-state index contributed by atoms with van der Waals surface area (Å²) >= 11 is 10.1. The van der Waals surface area contributed by atoms with Gasteiger partial charge in [0.25, 0.3) is 0 Å². The molecule has 27 heavy (non-hydrogen) atoms. The zero-order valence-electron chi connectivity index (χ0n) is 18.6. The summed E-state index contributed by atoms with van der Waals surface area (Å²) in [4.78, 5) is 0. The van der Waals surface area contributed by atoms with Gasteiger partial charge >= 0.3 is 9.53 Å². The fraction of sp³-hybridized carbons (Fsp3) is 0.800. The van der Waals surface area contributed by atoms with Crippen molar-refractivity contribution in [2.45, 2.75) is 72.4 Å². The van der Waals surface area contributed by atoms with E-state index in [0.717, 1.165) is 58.3 Å². The van der Waals surface area contributed by atoms with Gasteiger partial charge in [-0.25, -0.2) is 0 Å². The van der Waals surface area contributed by atoms with E-state index in [2.05, 4.69) is 47.0 Å². The van der Waals surface area contributed by atoms with Crippen molar-refractivity contribution in [2.75, 3.05) is 31.6 Å². The Hall–Kier alpha value is 0.374. The van der Waals surface area contributed by atoms with Gasteiger partial charge in [0.15, 0.2) is 0 Å². The summed E-state index contributed by atoms with van der Waals surface area (Å²) in [6.07, 6.45) is 10.0. The normalized spacial score (nSPS) is 9.19. The van der Waals surface area contributed by atoms with Crippen LogP contribution in [0, 0.1) is 0 Å². The van der Waals surface area contributed by atoms with E-state index < -0.39 is 9.53 Å². The molecule has 0 aromatic carbocycles. The van der Waals surface area contributed by atoms with Crippen molar-refractivity contribution in [1.82, 2.24) is 0 Å². The molecule has 0 saturated heterocycles. The number of hydrogen-bond acceptors (Lipinski definition) is 3. The first-order chi connectivity index (χ1) is 13.1. The van der Waals surface area contributed by atoms with Gasteiger partial charge in [-0.3, -0.25) is 0 Å². The predicted octanol–water partition coefficient (Wildman–Crippen LogP) is 6.23. The van der Waals surface area contributed by atoms with E-state index in [4.69, 9.17) is 36.5 Å². The fourth-order valence-corrected chi connectivity index (χ4v) is 2.48. The summed E-state index contributed by atoms with van der Waals surface area (Å²) < 4.78 is 17.0. The number of halogens is 2. The minimum absolute atomic E-state index is 0.417. The molecular weight excluding hydrogens is 415 g/mol. The van der Waals surface area contributed by atoms with Gasteiger partial charge in [0.2, 0.25) is 0 Å². The minimum atomic E-state index is -1.83. The third-order valence-corrected chi connectivity index (χ3v) is 4.43. The Balaban J connectivity index is -0.000000196. The second-order valence-electron chi connectivity index (χ2n) is 5.55. The number of rotatable bonds is 14. The van der Waals surface area contributed by atoms with Crippen LogP contribution in [0.4, 0.5) is 0 Å². The van der Waals surface area contributed by atoms with E-state index in [-0.39, 0.29) is 0 Å². The molecule has 0 spiro atoms. The van der Waals surface area contributed by atoms with Gasteiger partial charge in [-0.1, -0.05) is 65.3 Å². The monoisotopic (exact) mass is 460 g/mol. The van der Waals surface area contributed by atoms with E-state index in [9.17, 15) is 0 Å². The molecule has 0 unspecified atom stereocenters. The van der Waals surface area contributed by atoms with Crippen molar-refractivity contribution in [1.29, 1.82) is 0 Å². The Morgan fingerprint density at radius 3 is 1.11 bits per heavy atom. The SMILES string of the molecule is C=CCCl.C=CCCl.CCCCO[SiH](OCCCC)OCCCC.C[SiH2]C. The van der Waals surface area contributed by atoms with E-state index in [0.29, 0.717) is 21.3 Å². The Morgan fingerprint density at radius 2 is 0.963 bits per heavy atom. The van der Waals surface area contributed by atoms with Crippen LogP contribution in [0.5, 0.6) is 0 Å². The van der Waals surface area contributed by atoms with Gasteiger partial charge in [-0.2, -0.15) is 0 Å². The van der Waals surface area contributed by atoms with Crippen molar-refractivity contribution in [3.63, 3.8) is 0 Å². The van der Waals surface area contributed by atoms with Crippen molar-refractivity contribution < 1.29 is 13.3 Å². The van der Waals surface area contributed by atoms with Crippen LogP contribution in [0.3, 0.4) is 0 Å². The summed E-state index contributed by atoms with van der Waals surface area (Å²) in [7, 11) is -1.41. The number of alkyl halides is 2. The molecule has 0 N–H and O–H groups in total. The van der Waals surface area contributed by atoms with Crippen molar-refractivity contribution in [3.8, 4) is 0 Å². The predicted molar refractivity (Wildman–Crippen MR) is 132 cm³/mol. The topological polar surface area (TPSA) is 27.7 Å². The van der Waals surface area contributed by atoms with Gasteiger partial charge < -0.3 is 13.3 Å². The van der Waals surface area contributed by atoms with Crippen LogP contribution in [0.15, 0.2) is 25.3 Å².